The molecule has 0 spiro atoms. The Kier molecular flexibility index (Phi) is 10.3. The van der Waals surface area contributed by atoms with Gasteiger partial charge in [0, 0.05) is 18.3 Å². The molecule has 0 atom stereocenters. The number of aromatic nitrogens is 1. The highest BCUT2D eigenvalue weighted by Gasteiger charge is 2.14. The quantitative estimate of drug-likeness (QED) is 0.296. The fourth-order valence-corrected chi connectivity index (χ4v) is 4.41. The summed E-state index contributed by atoms with van der Waals surface area (Å²) in [5.74, 6) is 1.02. The van der Waals surface area contributed by atoms with E-state index in [0.717, 1.165) is 18.9 Å². The third-order valence-electron chi connectivity index (χ3n) is 6.11. The molecule has 0 amide bonds. The number of unbranched alkanes of at least 4 members (excludes halogenated alkanes) is 2. The number of halogens is 1. The van der Waals surface area contributed by atoms with Crippen molar-refractivity contribution in [2.75, 3.05) is 11.4 Å². The van der Waals surface area contributed by atoms with Crippen molar-refractivity contribution < 1.29 is 28.5 Å². The van der Waals surface area contributed by atoms with Crippen molar-refractivity contribution in [3.05, 3.63) is 54.4 Å². The summed E-state index contributed by atoms with van der Waals surface area (Å²) in [5.41, 5.74) is 4.01. The van der Waals surface area contributed by atoms with E-state index in [2.05, 4.69) is 72.2 Å². The maximum Gasteiger partial charge on any atom is 0.192 e. The summed E-state index contributed by atoms with van der Waals surface area (Å²) in [4.78, 5) is 2.49. The Hall–Kier alpha value is -1.10. The average Bonchev–Trinajstić information content (AvgIpc) is 2.71. The van der Waals surface area contributed by atoms with Crippen molar-refractivity contribution in [3.63, 3.8) is 0 Å². The van der Waals surface area contributed by atoms with Gasteiger partial charge in [0.15, 0.2) is 12.4 Å². The number of hydrogen-bond donors (Lipinski definition) is 0. The van der Waals surface area contributed by atoms with Crippen LogP contribution >= 0.6 is 0 Å². The van der Waals surface area contributed by atoms with Crippen LogP contribution in [-0.2, 0) is 13.5 Å². The Labute approximate surface area is 189 Å². The summed E-state index contributed by atoms with van der Waals surface area (Å²) in [6.07, 6.45) is 18.3. The van der Waals surface area contributed by atoms with Crippen LogP contribution in [0.4, 0.5) is 11.4 Å². The van der Waals surface area contributed by atoms with Crippen LogP contribution in [0.25, 0.3) is 0 Å². The maximum absolute atomic E-state index is 2.49. The molecule has 1 aliphatic carbocycles. The molecule has 0 unspecified atom stereocenters. The minimum absolute atomic E-state index is 0. The lowest BCUT2D eigenvalue weighted by Gasteiger charge is -2.25. The second-order valence-electron chi connectivity index (χ2n) is 8.25. The molecule has 0 aliphatic heterocycles. The summed E-state index contributed by atoms with van der Waals surface area (Å²) in [6, 6.07) is 13.5. The van der Waals surface area contributed by atoms with Crippen LogP contribution in [0, 0.1) is 5.92 Å². The summed E-state index contributed by atoms with van der Waals surface area (Å²) in [5, 5.41) is 0. The molecule has 1 aliphatic rings. The standard InChI is InChI=1S/C25H37N2.HI/c1-3-22-15-17-24(18-16-22)27(25-14-10-19-26(2)21-25)20-9-5-8-13-23-11-6-4-7-12-23;/h10,14-19,21,23H,3-9,11-13,20H2,1-2H3;1H/q+1;/p-1. The van der Waals surface area contributed by atoms with E-state index >= 15 is 0 Å². The molecule has 0 saturated heterocycles. The van der Waals surface area contributed by atoms with Crippen LogP contribution in [0.2, 0.25) is 0 Å². The second-order valence-corrected chi connectivity index (χ2v) is 8.25. The lowest BCUT2D eigenvalue weighted by Crippen LogP contribution is -3.00. The molecule has 2 nitrogen and oxygen atoms in total. The number of benzene rings is 1. The molecule has 0 radical (unpaired) electrons. The molecule has 1 fully saturated rings. The van der Waals surface area contributed by atoms with Gasteiger partial charge in [-0.2, -0.15) is 0 Å². The minimum Gasteiger partial charge on any atom is -1.00 e. The molecule has 1 saturated carbocycles. The fraction of sp³-hybridized carbons (Fsp3) is 0.560. The lowest BCUT2D eigenvalue weighted by atomic mass is 9.85. The Balaban J connectivity index is 0.00000280. The second kappa shape index (κ2) is 12.5. The van der Waals surface area contributed by atoms with Gasteiger partial charge in [0.2, 0.25) is 0 Å². The van der Waals surface area contributed by atoms with Gasteiger partial charge < -0.3 is 28.9 Å². The minimum atomic E-state index is 0. The zero-order valence-electron chi connectivity index (χ0n) is 17.7. The topological polar surface area (TPSA) is 7.12 Å². The molecule has 1 aromatic carbocycles. The van der Waals surface area contributed by atoms with E-state index in [0.29, 0.717) is 0 Å². The summed E-state index contributed by atoms with van der Waals surface area (Å²) in [6.45, 7) is 3.32. The molecule has 2 aromatic rings. The molecule has 1 heterocycles. The molecule has 3 rings (SSSR count). The van der Waals surface area contributed by atoms with Gasteiger partial charge in [0.05, 0.1) is 0 Å². The molecule has 1 aromatic heterocycles. The maximum atomic E-state index is 2.49. The van der Waals surface area contributed by atoms with Gasteiger partial charge in [-0.3, -0.25) is 0 Å². The van der Waals surface area contributed by atoms with E-state index in [1.807, 2.05) is 0 Å². The normalized spacial score (nSPS) is 14.5. The summed E-state index contributed by atoms with van der Waals surface area (Å²) < 4.78 is 2.14. The Morgan fingerprint density at radius 2 is 1.68 bits per heavy atom. The molecule has 3 heteroatoms. The van der Waals surface area contributed by atoms with E-state index < -0.39 is 0 Å². The largest absolute Gasteiger partial charge is 1.00 e. The van der Waals surface area contributed by atoms with E-state index in [1.54, 1.807) is 0 Å². The number of pyridine rings is 1. The van der Waals surface area contributed by atoms with Crippen molar-refractivity contribution >= 4 is 11.4 Å². The zero-order chi connectivity index (χ0) is 18.9. The van der Waals surface area contributed by atoms with Crippen LogP contribution < -0.4 is 33.4 Å². The number of hydrogen-bond acceptors (Lipinski definition) is 1. The van der Waals surface area contributed by atoms with Crippen LogP contribution in [-0.4, -0.2) is 6.54 Å². The lowest BCUT2D eigenvalue weighted by molar-refractivity contribution is -0.670. The van der Waals surface area contributed by atoms with Crippen molar-refractivity contribution in [1.82, 2.24) is 0 Å². The van der Waals surface area contributed by atoms with Gasteiger partial charge in [0.1, 0.15) is 12.7 Å². The molecule has 28 heavy (non-hydrogen) atoms. The predicted molar refractivity (Wildman–Crippen MR) is 115 cm³/mol. The van der Waals surface area contributed by atoms with Gasteiger partial charge in [-0.25, -0.2) is 4.57 Å². The van der Waals surface area contributed by atoms with Gasteiger partial charge >= 0.3 is 0 Å². The molecule has 0 bridgehead atoms. The first kappa shape index (κ1) is 23.2. The first-order valence-corrected chi connectivity index (χ1v) is 11.1. The van der Waals surface area contributed by atoms with Crippen molar-refractivity contribution in [2.24, 2.45) is 13.0 Å². The average molecular weight is 492 g/mol. The zero-order valence-corrected chi connectivity index (χ0v) is 19.9. The highest BCUT2D eigenvalue weighted by molar-refractivity contribution is 5.62. The molecule has 0 N–H and O–H groups in total. The van der Waals surface area contributed by atoms with Crippen LogP contribution in [0.1, 0.15) is 70.3 Å². The van der Waals surface area contributed by atoms with E-state index in [-0.39, 0.29) is 24.0 Å². The first-order chi connectivity index (χ1) is 13.3. The Morgan fingerprint density at radius 3 is 2.36 bits per heavy atom. The van der Waals surface area contributed by atoms with Crippen LogP contribution in [0.15, 0.2) is 48.8 Å². The van der Waals surface area contributed by atoms with Crippen molar-refractivity contribution in [1.29, 1.82) is 0 Å². The highest BCUT2D eigenvalue weighted by atomic mass is 127. The number of aryl methyl sites for hydroxylation is 2. The van der Waals surface area contributed by atoms with Gasteiger partial charge in [-0.05, 0) is 42.5 Å². The molecule has 154 valence electrons. The van der Waals surface area contributed by atoms with Gasteiger partial charge in [-0.15, -0.1) is 0 Å². The number of rotatable bonds is 9. The summed E-state index contributed by atoms with van der Waals surface area (Å²) in [7, 11) is 2.10. The third kappa shape index (κ3) is 7.06. The number of anilines is 2. The highest BCUT2D eigenvalue weighted by Crippen LogP contribution is 2.29. The first-order valence-electron chi connectivity index (χ1n) is 11.1. The Morgan fingerprint density at radius 1 is 0.929 bits per heavy atom. The van der Waals surface area contributed by atoms with Crippen LogP contribution in [0.5, 0.6) is 0 Å². The summed E-state index contributed by atoms with van der Waals surface area (Å²) >= 11 is 0. The van der Waals surface area contributed by atoms with Crippen LogP contribution in [0.3, 0.4) is 0 Å². The fourth-order valence-electron chi connectivity index (χ4n) is 4.41. The SMILES string of the molecule is CCc1ccc(N(CCCCCC2CCCCC2)c2ccc[n+](C)c2)cc1.[I-]. The van der Waals surface area contributed by atoms with Gasteiger partial charge in [0.25, 0.3) is 0 Å². The number of nitrogens with zero attached hydrogens (tertiary/aromatic N) is 2. The van der Waals surface area contributed by atoms with Gasteiger partial charge in [-0.1, -0.05) is 70.4 Å². The third-order valence-corrected chi connectivity index (χ3v) is 6.11. The van der Waals surface area contributed by atoms with E-state index in [9.17, 15) is 0 Å². The van der Waals surface area contributed by atoms with E-state index in [4.69, 9.17) is 0 Å². The monoisotopic (exact) mass is 492 g/mol. The van der Waals surface area contributed by atoms with E-state index in [1.165, 1.54) is 74.7 Å². The molecular formula is C25H37IN2. The Bertz CT molecular complexity index is 677. The van der Waals surface area contributed by atoms with Crippen molar-refractivity contribution in [3.8, 4) is 0 Å². The predicted octanol–water partition coefficient (Wildman–Crippen LogP) is 3.36. The smallest absolute Gasteiger partial charge is 0.192 e. The van der Waals surface area contributed by atoms with Crippen molar-refractivity contribution in [2.45, 2.75) is 71.1 Å². The molecular weight excluding hydrogens is 455 g/mol.